The van der Waals surface area contributed by atoms with Crippen LogP contribution >= 0.6 is 0 Å². The van der Waals surface area contributed by atoms with Crippen LogP contribution in [0.3, 0.4) is 0 Å². The monoisotopic (exact) mass is 600 g/mol. The Morgan fingerprint density at radius 2 is 1.17 bits per heavy atom. The Morgan fingerprint density at radius 1 is 0.722 bits per heavy atom. The summed E-state index contributed by atoms with van der Waals surface area (Å²) in [5.74, 6) is 0.587. The van der Waals surface area contributed by atoms with Crippen molar-refractivity contribution in [2.75, 3.05) is 0 Å². The zero-order chi connectivity index (χ0) is 24.6. The van der Waals surface area contributed by atoms with E-state index in [2.05, 4.69) is 130 Å². The first-order valence-electron chi connectivity index (χ1n) is 12.7. The van der Waals surface area contributed by atoms with Gasteiger partial charge in [-0.1, -0.05) is 129 Å². The largest absolute Gasteiger partial charge is 4.00 e. The van der Waals surface area contributed by atoms with Gasteiger partial charge < -0.3 is 24.8 Å². The molecule has 0 radical (unpaired) electrons. The predicted molar refractivity (Wildman–Crippen MR) is 148 cm³/mol. The van der Waals surface area contributed by atoms with Crippen LogP contribution < -0.4 is 24.8 Å². The van der Waals surface area contributed by atoms with E-state index >= 15 is 0 Å². The minimum atomic E-state index is 0. The standard InChI is InChI=1S/C21H25.C12H19.2ClH.Zr/c1-20(2,3)16-9-7-14-11-15-8-10-17(21(4,5)6)13-19(15)18(14)12-16;1-5-6-10-7-8-11(9-10)12(2,3)4;;;/h7-13H,1-6H3;8-10H,5-6H2,1-4H3;2*1H;/q2*-1;;;+4/p-2. The van der Waals surface area contributed by atoms with Crippen molar-refractivity contribution in [2.24, 2.45) is 11.3 Å². The van der Waals surface area contributed by atoms with Gasteiger partial charge in [-0.15, -0.1) is 39.7 Å². The van der Waals surface area contributed by atoms with Gasteiger partial charge in [-0.05, 0) is 10.8 Å². The number of hydrogen-bond donors (Lipinski definition) is 0. The second-order valence-electron chi connectivity index (χ2n) is 12.8. The van der Waals surface area contributed by atoms with Crippen molar-refractivity contribution in [2.45, 2.75) is 92.9 Å². The average Bonchev–Trinajstić information content (AvgIpc) is 3.31. The zero-order valence-corrected chi connectivity index (χ0v) is 27.9. The summed E-state index contributed by atoms with van der Waals surface area (Å²) in [7, 11) is 0. The molecule has 1 unspecified atom stereocenters. The molecule has 0 saturated heterocycles. The van der Waals surface area contributed by atoms with Crippen molar-refractivity contribution < 1.29 is 51.0 Å². The van der Waals surface area contributed by atoms with Crippen LogP contribution in [0.2, 0.25) is 0 Å². The molecule has 0 aromatic heterocycles. The molecule has 1 aliphatic carbocycles. The van der Waals surface area contributed by atoms with Crippen LogP contribution in [0.4, 0.5) is 0 Å². The van der Waals surface area contributed by atoms with Gasteiger partial charge in [0, 0.05) is 0 Å². The third kappa shape index (κ3) is 8.65. The fourth-order valence-corrected chi connectivity index (χ4v) is 4.39. The van der Waals surface area contributed by atoms with Gasteiger partial charge in [-0.2, -0.15) is 11.6 Å². The maximum Gasteiger partial charge on any atom is 4.00 e. The van der Waals surface area contributed by atoms with Gasteiger partial charge in [-0.3, -0.25) is 6.08 Å². The Kier molecular flexibility index (Phi) is 13.1. The van der Waals surface area contributed by atoms with E-state index in [4.69, 9.17) is 0 Å². The molecule has 0 N–H and O–H groups in total. The number of halogens is 2. The predicted octanol–water partition coefficient (Wildman–Crippen LogP) is 4.06. The Bertz CT molecular complexity index is 1110. The van der Waals surface area contributed by atoms with E-state index in [0.29, 0.717) is 11.3 Å². The molecule has 1 aliphatic rings. The first-order valence-corrected chi connectivity index (χ1v) is 12.7. The van der Waals surface area contributed by atoms with Crippen LogP contribution in [-0.4, -0.2) is 0 Å². The average molecular weight is 603 g/mol. The topological polar surface area (TPSA) is 0 Å². The second kappa shape index (κ2) is 13.4. The van der Waals surface area contributed by atoms with Gasteiger partial charge in [0.1, 0.15) is 0 Å². The van der Waals surface area contributed by atoms with Gasteiger partial charge in [0.2, 0.25) is 0 Å². The molecule has 3 aromatic carbocycles. The molecule has 0 amide bonds. The third-order valence-electron chi connectivity index (χ3n) is 6.74. The molecule has 0 bridgehead atoms. The number of benzene rings is 2. The smallest absolute Gasteiger partial charge is 1.00 e. The van der Waals surface area contributed by atoms with Crippen LogP contribution in [0.15, 0.2) is 60.2 Å². The molecular weight excluding hydrogens is 558 g/mol. The van der Waals surface area contributed by atoms with Crippen molar-refractivity contribution in [1.82, 2.24) is 0 Å². The Balaban J connectivity index is 0.000000712. The van der Waals surface area contributed by atoms with Crippen LogP contribution in [-0.2, 0) is 37.0 Å². The molecule has 4 rings (SSSR count). The molecule has 0 spiro atoms. The van der Waals surface area contributed by atoms with E-state index in [1.54, 1.807) is 0 Å². The van der Waals surface area contributed by atoms with Crippen molar-refractivity contribution in [1.29, 1.82) is 0 Å². The Labute approximate surface area is 252 Å². The second-order valence-corrected chi connectivity index (χ2v) is 12.8. The fourth-order valence-electron chi connectivity index (χ4n) is 4.39. The summed E-state index contributed by atoms with van der Waals surface area (Å²) < 4.78 is 0. The van der Waals surface area contributed by atoms with Gasteiger partial charge in [0.25, 0.3) is 0 Å². The van der Waals surface area contributed by atoms with Gasteiger partial charge in [0.15, 0.2) is 0 Å². The van der Waals surface area contributed by atoms with Crippen molar-refractivity contribution in [3.05, 3.63) is 77.4 Å². The third-order valence-corrected chi connectivity index (χ3v) is 6.74. The number of allylic oxidation sites excluding steroid dienone is 4. The molecular formula is C33H44Cl2Zr. The van der Waals surface area contributed by atoms with E-state index in [1.165, 1.54) is 51.1 Å². The van der Waals surface area contributed by atoms with Crippen molar-refractivity contribution in [3.8, 4) is 0 Å². The summed E-state index contributed by atoms with van der Waals surface area (Å²) in [4.78, 5) is 0. The van der Waals surface area contributed by atoms with Gasteiger partial charge in [0.05, 0.1) is 0 Å². The molecule has 3 heteroatoms. The van der Waals surface area contributed by atoms with E-state index < -0.39 is 0 Å². The van der Waals surface area contributed by atoms with Crippen molar-refractivity contribution >= 4 is 21.5 Å². The first-order chi connectivity index (χ1) is 15.2. The van der Waals surface area contributed by atoms with Crippen LogP contribution in [0.25, 0.3) is 21.5 Å². The van der Waals surface area contributed by atoms with Crippen molar-refractivity contribution in [3.63, 3.8) is 0 Å². The van der Waals surface area contributed by atoms with Gasteiger partial charge >= 0.3 is 26.2 Å². The van der Waals surface area contributed by atoms with Crippen LogP contribution in [0.5, 0.6) is 0 Å². The minimum absolute atomic E-state index is 0. The number of rotatable bonds is 2. The molecule has 194 valence electrons. The summed E-state index contributed by atoms with van der Waals surface area (Å²) >= 11 is 0. The van der Waals surface area contributed by atoms with E-state index in [1.807, 2.05) is 0 Å². The zero-order valence-electron chi connectivity index (χ0n) is 23.9. The summed E-state index contributed by atoms with van der Waals surface area (Å²) in [5.41, 5.74) is 4.95. The van der Waals surface area contributed by atoms with E-state index in [0.717, 1.165) is 0 Å². The van der Waals surface area contributed by atoms with Crippen LogP contribution in [0.1, 0.15) is 93.2 Å². The summed E-state index contributed by atoms with van der Waals surface area (Å²) in [6.07, 6.45) is 10.4. The molecule has 0 heterocycles. The maximum absolute atomic E-state index is 3.40. The molecule has 1 atom stereocenters. The summed E-state index contributed by atoms with van der Waals surface area (Å²) in [6, 6.07) is 16.1. The molecule has 3 aromatic rings. The summed E-state index contributed by atoms with van der Waals surface area (Å²) in [6.45, 7) is 22.7. The van der Waals surface area contributed by atoms with Gasteiger partial charge in [-0.25, -0.2) is 6.08 Å². The Hall–Kier alpha value is -0.747. The number of hydrogen-bond acceptors (Lipinski definition) is 0. The molecule has 0 nitrogen and oxygen atoms in total. The molecule has 0 saturated carbocycles. The minimum Gasteiger partial charge on any atom is -1.00 e. The fraction of sp³-hybridized carbons (Fsp3) is 0.485. The number of fused-ring (bicyclic) bond motifs is 3. The van der Waals surface area contributed by atoms with E-state index in [-0.39, 0.29) is 61.8 Å². The molecule has 0 fully saturated rings. The maximum atomic E-state index is 3.40. The van der Waals surface area contributed by atoms with Crippen LogP contribution in [0, 0.1) is 17.4 Å². The quantitative estimate of drug-likeness (QED) is 0.389. The molecule has 36 heavy (non-hydrogen) atoms. The SMILES string of the molecule is CC(C)(C)c1ccc2[cH-]c3ccc(C(C)(C)C)cc3c2c1.CCCC1[C-]=CC(C(C)(C)C)=C1.[Cl-].[Cl-].[Zr+4]. The summed E-state index contributed by atoms with van der Waals surface area (Å²) in [5, 5.41) is 5.49. The normalized spacial score (nSPS) is 15.4. The first kappa shape index (κ1) is 35.3. The molecule has 0 aliphatic heterocycles. The van der Waals surface area contributed by atoms with E-state index in [9.17, 15) is 0 Å². The Morgan fingerprint density at radius 3 is 1.50 bits per heavy atom.